The first kappa shape index (κ1) is 14.7. The Kier molecular flexibility index (Phi) is 5.43. The van der Waals surface area contributed by atoms with Crippen LogP contribution in [0.25, 0.3) is 0 Å². The number of thioether (sulfide) groups is 1. The van der Waals surface area contributed by atoms with Crippen LogP contribution in [0.15, 0.2) is 22.7 Å². The summed E-state index contributed by atoms with van der Waals surface area (Å²) in [7, 11) is 0. The number of benzene rings is 1. The van der Waals surface area contributed by atoms with Crippen LogP contribution in [0.1, 0.15) is 31.2 Å². The lowest BCUT2D eigenvalue weighted by Gasteiger charge is -2.27. The van der Waals surface area contributed by atoms with Gasteiger partial charge in [0.15, 0.2) is 0 Å². The number of hydrogen-bond acceptors (Lipinski definition) is 2. The van der Waals surface area contributed by atoms with Gasteiger partial charge in [0.1, 0.15) is 0 Å². The molecular weight excluding hydrogens is 330 g/mol. The minimum Gasteiger partial charge on any atom is -0.311 e. The lowest BCUT2D eigenvalue weighted by atomic mass is 10.1. The zero-order chi connectivity index (χ0) is 13.0. The third-order valence-corrected chi connectivity index (χ3v) is 6.15. The Hall–Kier alpha value is 0.300. The van der Waals surface area contributed by atoms with Crippen LogP contribution in [0.4, 0.5) is 0 Å². The molecule has 0 unspecified atom stereocenters. The van der Waals surface area contributed by atoms with E-state index in [1.54, 1.807) is 0 Å². The molecule has 2 rings (SSSR count). The second-order valence-electron chi connectivity index (χ2n) is 4.93. The van der Waals surface area contributed by atoms with E-state index >= 15 is 0 Å². The van der Waals surface area contributed by atoms with Gasteiger partial charge in [0, 0.05) is 27.3 Å². The molecule has 0 aliphatic heterocycles. The van der Waals surface area contributed by atoms with Crippen molar-refractivity contribution in [3.05, 3.63) is 33.3 Å². The highest BCUT2D eigenvalue weighted by atomic mass is 79.9. The first-order valence-electron chi connectivity index (χ1n) is 6.35. The van der Waals surface area contributed by atoms with E-state index in [2.05, 4.69) is 27.5 Å². The zero-order valence-corrected chi connectivity index (χ0v) is 13.8. The molecular formula is C14H19BrClNS. The summed E-state index contributed by atoms with van der Waals surface area (Å²) in [6, 6.07) is 5.95. The highest BCUT2D eigenvalue weighted by Gasteiger charge is 2.32. The summed E-state index contributed by atoms with van der Waals surface area (Å²) >= 11 is 11.6. The van der Waals surface area contributed by atoms with Gasteiger partial charge in [-0.1, -0.05) is 40.4 Å². The summed E-state index contributed by atoms with van der Waals surface area (Å²) in [4.78, 5) is 0. The minimum absolute atomic E-state index is 0.463. The maximum Gasteiger partial charge on any atom is 0.0410 e. The van der Waals surface area contributed by atoms with Gasteiger partial charge in [-0.2, -0.15) is 11.8 Å². The Bertz CT molecular complexity index is 405. The first-order chi connectivity index (χ1) is 8.65. The maximum atomic E-state index is 6.02. The van der Waals surface area contributed by atoms with Crippen molar-refractivity contribution in [1.82, 2.24) is 5.32 Å². The molecule has 1 fully saturated rings. The third kappa shape index (κ3) is 3.66. The summed E-state index contributed by atoms with van der Waals surface area (Å²) in [6.07, 6.45) is 7.69. The Morgan fingerprint density at radius 1 is 1.39 bits per heavy atom. The molecule has 0 saturated heterocycles. The van der Waals surface area contributed by atoms with Gasteiger partial charge in [-0.15, -0.1) is 0 Å². The number of hydrogen-bond donors (Lipinski definition) is 1. The van der Waals surface area contributed by atoms with Gasteiger partial charge in [-0.3, -0.25) is 0 Å². The van der Waals surface area contributed by atoms with E-state index in [0.29, 0.717) is 4.75 Å². The van der Waals surface area contributed by atoms with Crippen LogP contribution in [-0.2, 0) is 6.54 Å². The molecule has 1 saturated carbocycles. The van der Waals surface area contributed by atoms with Crippen LogP contribution in [0.2, 0.25) is 5.02 Å². The van der Waals surface area contributed by atoms with Gasteiger partial charge < -0.3 is 5.32 Å². The second kappa shape index (κ2) is 6.65. The van der Waals surface area contributed by atoms with Crippen LogP contribution in [-0.4, -0.2) is 17.5 Å². The fraction of sp³-hybridized carbons (Fsp3) is 0.571. The van der Waals surface area contributed by atoms with Crippen LogP contribution < -0.4 is 5.32 Å². The maximum absolute atomic E-state index is 6.02. The molecule has 18 heavy (non-hydrogen) atoms. The van der Waals surface area contributed by atoms with Gasteiger partial charge >= 0.3 is 0 Å². The summed E-state index contributed by atoms with van der Waals surface area (Å²) in [5, 5.41) is 4.40. The second-order valence-corrected chi connectivity index (χ2v) is 7.50. The largest absolute Gasteiger partial charge is 0.311 e. The van der Waals surface area contributed by atoms with Crippen molar-refractivity contribution in [3.63, 3.8) is 0 Å². The Balaban J connectivity index is 1.89. The highest BCUT2D eigenvalue weighted by molar-refractivity contribution is 9.10. The monoisotopic (exact) mass is 347 g/mol. The topological polar surface area (TPSA) is 12.0 Å². The Labute approximate surface area is 127 Å². The molecule has 1 aliphatic carbocycles. The molecule has 0 heterocycles. The van der Waals surface area contributed by atoms with Gasteiger partial charge in [-0.25, -0.2) is 0 Å². The molecule has 1 nitrogen and oxygen atoms in total. The third-order valence-electron chi connectivity index (χ3n) is 3.72. The van der Waals surface area contributed by atoms with E-state index in [9.17, 15) is 0 Å². The lowest BCUT2D eigenvalue weighted by molar-refractivity contribution is 0.533. The van der Waals surface area contributed by atoms with Crippen molar-refractivity contribution in [2.45, 2.75) is 37.0 Å². The molecule has 1 N–H and O–H groups in total. The summed E-state index contributed by atoms with van der Waals surface area (Å²) in [5.74, 6) is 0. The fourth-order valence-electron chi connectivity index (χ4n) is 2.58. The quantitative estimate of drug-likeness (QED) is 0.815. The van der Waals surface area contributed by atoms with Crippen molar-refractivity contribution >= 4 is 39.3 Å². The van der Waals surface area contributed by atoms with Crippen LogP contribution >= 0.6 is 39.3 Å². The molecule has 0 atom stereocenters. The van der Waals surface area contributed by atoms with Crippen molar-refractivity contribution in [2.24, 2.45) is 0 Å². The highest BCUT2D eigenvalue weighted by Crippen LogP contribution is 2.39. The predicted octanol–water partition coefficient (Wildman–Crippen LogP) is 4.87. The average Bonchev–Trinajstić information content (AvgIpc) is 2.83. The van der Waals surface area contributed by atoms with Crippen molar-refractivity contribution < 1.29 is 0 Å². The average molecular weight is 349 g/mol. The van der Waals surface area contributed by atoms with E-state index in [1.807, 2.05) is 30.0 Å². The number of nitrogens with one attached hydrogen (secondary N) is 1. The molecule has 100 valence electrons. The minimum atomic E-state index is 0.463. The van der Waals surface area contributed by atoms with E-state index in [1.165, 1.54) is 31.2 Å². The SMILES string of the molecule is CSC1(CNCc2cc(Cl)ccc2Br)CCCC1. The van der Waals surface area contributed by atoms with Crippen LogP contribution in [0, 0.1) is 0 Å². The van der Waals surface area contributed by atoms with Gasteiger partial charge in [-0.05, 0) is 42.9 Å². The Morgan fingerprint density at radius 2 is 2.11 bits per heavy atom. The number of rotatable bonds is 5. The zero-order valence-electron chi connectivity index (χ0n) is 10.6. The van der Waals surface area contributed by atoms with Gasteiger partial charge in [0.05, 0.1) is 0 Å². The van der Waals surface area contributed by atoms with E-state index in [-0.39, 0.29) is 0 Å². The fourth-order valence-corrected chi connectivity index (χ4v) is 4.10. The molecule has 1 aromatic carbocycles. The smallest absolute Gasteiger partial charge is 0.0410 e. The number of halogens is 2. The standard InChI is InChI=1S/C14H19BrClNS/c1-18-14(6-2-3-7-14)10-17-9-11-8-12(16)4-5-13(11)15/h4-5,8,17H,2-3,6-7,9-10H2,1H3. The summed E-state index contributed by atoms with van der Waals surface area (Å²) in [5.41, 5.74) is 1.23. The predicted molar refractivity (Wildman–Crippen MR) is 85.6 cm³/mol. The van der Waals surface area contributed by atoms with Crippen LogP contribution in [0.3, 0.4) is 0 Å². The lowest BCUT2D eigenvalue weighted by Crippen LogP contribution is -2.34. The van der Waals surface area contributed by atoms with Crippen molar-refractivity contribution in [3.8, 4) is 0 Å². The Morgan fingerprint density at radius 3 is 2.78 bits per heavy atom. The molecule has 1 aromatic rings. The molecule has 4 heteroatoms. The molecule has 0 amide bonds. The van der Waals surface area contributed by atoms with Crippen molar-refractivity contribution in [2.75, 3.05) is 12.8 Å². The normalized spacial score (nSPS) is 18.2. The molecule has 1 aliphatic rings. The molecule has 0 spiro atoms. The summed E-state index contributed by atoms with van der Waals surface area (Å²) < 4.78 is 1.59. The molecule has 0 aromatic heterocycles. The van der Waals surface area contributed by atoms with E-state index in [0.717, 1.165) is 22.6 Å². The van der Waals surface area contributed by atoms with Gasteiger partial charge in [0.25, 0.3) is 0 Å². The van der Waals surface area contributed by atoms with Crippen LogP contribution in [0.5, 0.6) is 0 Å². The van der Waals surface area contributed by atoms with Gasteiger partial charge in [0.2, 0.25) is 0 Å². The molecule has 0 radical (unpaired) electrons. The van der Waals surface area contributed by atoms with E-state index < -0.39 is 0 Å². The van der Waals surface area contributed by atoms with E-state index in [4.69, 9.17) is 11.6 Å². The van der Waals surface area contributed by atoms with Crippen molar-refractivity contribution in [1.29, 1.82) is 0 Å². The first-order valence-corrected chi connectivity index (χ1v) is 8.75. The summed E-state index contributed by atoms with van der Waals surface area (Å²) in [6.45, 7) is 1.97. The molecule has 0 bridgehead atoms.